The summed E-state index contributed by atoms with van der Waals surface area (Å²) in [5, 5.41) is 2.81. The molecule has 14 heavy (non-hydrogen) atoms. The first kappa shape index (κ1) is 10.1. The molecule has 1 saturated heterocycles. The van der Waals surface area contributed by atoms with Gasteiger partial charge in [0.05, 0.1) is 10.4 Å². The molecule has 1 N–H and O–H groups in total. The largest absolute Gasteiger partial charge is 0.358 e. The van der Waals surface area contributed by atoms with E-state index in [0.29, 0.717) is 13.2 Å². The second kappa shape index (κ2) is 3.64. The minimum atomic E-state index is -0.811. The fourth-order valence-corrected chi connectivity index (χ4v) is 2.89. The molecule has 0 saturated carbocycles. The minimum Gasteiger partial charge on any atom is -0.358 e. The fraction of sp³-hybridized carbons (Fsp3) is 0.444. The van der Waals surface area contributed by atoms with Crippen LogP contribution in [0.15, 0.2) is 15.9 Å². The molecule has 1 aromatic rings. The predicted octanol–water partition coefficient (Wildman–Crippen LogP) is 1.87. The summed E-state index contributed by atoms with van der Waals surface area (Å²) in [7, 11) is 0. The highest BCUT2D eigenvalue weighted by Crippen LogP contribution is 2.34. The molecule has 0 aromatic carbocycles. The number of hydrogen-bond donors (Lipinski definition) is 1. The Kier molecular flexibility index (Phi) is 2.64. The van der Waals surface area contributed by atoms with E-state index in [9.17, 15) is 4.79 Å². The van der Waals surface area contributed by atoms with Gasteiger partial charge < -0.3 is 10.1 Å². The summed E-state index contributed by atoms with van der Waals surface area (Å²) in [4.78, 5) is 12.6. The Bertz CT molecular complexity index is 365. The topological polar surface area (TPSA) is 38.3 Å². The average Bonchev–Trinajstić information content (AvgIpc) is 2.58. The van der Waals surface area contributed by atoms with Gasteiger partial charge in [0.25, 0.3) is 5.91 Å². The lowest BCUT2D eigenvalue weighted by Gasteiger charge is -2.31. The zero-order chi connectivity index (χ0) is 10.2. The van der Waals surface area contributed by atoms with Gasteiger partial charge in [-0.3, -0.25) is 4.79 Å². The molecule has 0 spiro atoms. The molecular formula is C9H10BrNO2S. The van der Waals surface area contributed by atoms with Gasteiger partial charge in [-0.25, -0.2) is 0 Å². The quantitative estimate of drug-likeness (QED) is 0.850. The number of carbonyl (C=O) groups is 1. The Balaban J connectivity index is 2.34. The van der Waals surface area contributed by atoms with E-state index in [1.165, 1.54) is 11.3 Å². The van der Waals surface area contributed by atoms with Gasteiger partial charge in [-0.05, 0) is 35.0 Å². The normalized spacial score (nSPS) is 27.4. The van der Waals surface area contributed by atoms with Gasteiger partial charge in [0.15, 0.2) is 5.60 Å². The number of hydrogen-bond acceptors (Lipinski definition) is 3. The van der Waals surface area contributed by atoms with Crippen LogP contribution < -0.4 is 5.32 Å². The Morgan fingerprint density at radius 3 is 3.00 bits per heavy atom. The fourth-order valence-electron chi connectivity index (χ4n) is 1.41. The van der Waals surface area contributed by atoms with Crippen molar-refractivity contribution in [3.05, 3.63) is 20.8 Å². The van der Waals surface area contributed by atoms with E-state index in [2.05, 4.69) is 21.2 Å². The van der Waals surface area contributed by atoms with Crippen molar-refractivity contribution >= 4 is 33.2 Å². The maximum atomic E-state index is 11.7. The van der Waals surface area contributed by atoms with Gasteiger partial charge in [-0.15, -0.1) is 11.3 Å². The Hall–Kier alpha value is -0.390. The van der Waals surface area contributed by atoms with Crippen molar-refractivity contribution in [2.45, 2.75) is 12.5 Å². The zero-order valence-electron chi connectivity index (χ0n) is 7.67. The van der Waals surface area contributed by atoms with Crippen molar-refractivity contribution in [1.82, 2.24) is 5.32 Å². The second-order valence-corrected chi connectivity index (χ2v) is 5.70. The number of rotatable bonds is 1. The van der Waals surface area contributed by atoms with E-state index in [1.54, 1.807) is 6.92 Å². The van der Waals surface area contributed by atoms with Crippen molar-refractivity contribution < 1.29 is 9.53 Å². The molecule has 0 bridgehead atoms. The summed E-state index contributed by atoms with van der Waals surface area (Å²) in [6, 6.07) is 3.84. The van der Waals surface area contributed by atoms with Crippen LogP contribution in [0.2, 0.25) is 0 Å². The van der Waals surface area contributed by atoms with Gasteiger partial charge >= 0.3 is 0 Å². The summed E-state index contributed by atoms with van der Waals surface area (Å²) in [5.41, 5.74) is -0.811. The zero-order valence-corrected chi connectivity index (χ0v) is 10.1. The molecular weight excluding hydrogens is 266 g/mol. The molecule has 3 nitrogen and oxygen atoms in total. The van der Waals surface area contributed by atoms with Crippen LogP contribution in [0.25, 0.3) is 0 Å². The molecule has 0 radical (unpaired) electrons. The van der Waals surface area contributed by atoms with Crippen LogP contribution >= 0.6 is 27.3 Å². The molecule has 76 valence electrons. The van der Waals surface area contributed by atoms with Crippen molar-refractivity contribution in [2.24, 2.45) is 0 Å². The molecule has 1 fully saturated rings. The molecule has 1 atom stereocenters. The number of halogens is 1. The number of thiophene rings is 1. The van der Waals surface area contributed by atoms with Gasteiger partial charge in [-0.1, -0.05) is 0 Å². The summed E-state index contributed by atoms with van der Waals surface area (Å²) >= 11 is 4.90. The van der Waals surface area contributed by atoms with Crippen LogP contribution in [-0.4, -0.2) is 19.1 Å². The Labute approximate surface area is 94.6 Å². The van der Waals surface area contributed by atoms with Gasteiger partial charge in [0.1, 0.15) is 0 Å². The number of ether oxygens (including phenoxy) is 1. The first-order chi connectivity index (χ1) is 6.63. The van der Waals surface area contributed by atoms with E-state index < -0.39 is 5.60 Å². The lowest BCUT2D eigenvalue weighted by atomic mass is 10.0. The SMILES string of the molecule is CC1(c2ccc(Br)s2)OCCNC1=O. The molecule has 1 unspecified atom stereocenters. The molecule has 1 amide bonds. The van der Waals surface area contributed by atoms with Crippen LogP contribution in [0.5, 0.6) is 0 Å². The van der Waals surface area contributed by atoms with Crippen LogP contribution in [0.4, 0.5) is 0 Å². The summed E-state index contributed by atoms with van der Waals surface area (Å²) in [6.45, 7) is 2.97. The monoisotopic (exact) mass is 275 g/mol. The van der Waals surface area contributed by atoms with E-state index in [4.69, 9.17) is 4.74 Å². The molecule has 1 aliphatic rings. The minimum absolute atomic E-state index is 0.0573. The lowest BCUT2D eigenvalue weighted by Crippen LogP contribution is -2.50. The summed E-state index contributed by atoms with van der Waals surface area (Å²) in [5.74, 6) is -0.0573. The third-order valence-electron chi connectivity index (χ3n) is 2.26. The van der Waals surface area contributed by atoms with Crippen LogP contribution in [0.1, 0.15) is 11.8 Å². The smallest absolute Gasteiger partial charge is 0.257 e. The van der Waals surface area contributed by atoms with E-state index >= 15 is 0 Å². The van der Waals surface area contributed by atoms with Gasteiger partial charge in [0.2, 0.25) is 0 Å². The molecule has 2 rings (SSSR count). The summed E-state index contributed by atoms with van der Waals surface area (Å²) in [6.07, 6.45) is 0. The van der Waals surface area contributed by atoms with Crippen LogP contribution in [-0.2, 0) is 15.1 Å². The van der Waals surface area contributed by atoms with Crippen molar-refractivity contribution in [1.29, 1.82) is 0 Å². The molecule has 2 heterocycles. The van der Waals surface area contributed by atoms with Gasteiger partial charge in [0, 0.05) is 11.4 Å². The number of carbonyl (C=O) groups excluding carboxylic acids is 1. The highest BCUT2D eigenvalue weighted by molar-refractivity contribution is 9.11. The molecule has 1 aromatic heterocycles. The number of amides is 1. The first-order valence-electron chi connectivity index (χ1n) is 4.31. The third-order valence-corrected chi connectivity index (χ3v) is 4.08. The predicted molar refractivity (Wildman–Crippen MR) is 58.3 cm³/mol. The van der Waals surface area contributed by atoms with Crippen molar-refractivity contribution in [2.75, 3.05) is 13.2 Å². The highest BCUT2D eigenvalue weighted by atomic mass is 79.9. The highest BCUT2D eigenvalue weighted by Gasteiger charge is 2.39. The Morgan fingerprint density at radius 2 is 2.43 bits per heavy atom. The van der Waals surface area contributed by atoms with Crippen molar-refractivity contribution in [3.63, 3.8) is 0 Å². The van der Waals surface area contributed by atoms with Crippen LogP contribution in [0, 0.1) is 0 Å². The van der Waals surface area contributed by atoms with E-state index in [1.807, 2.05) is 12.1 Å². The third kappa shape index (κ3) is 1.60. The second-order valence-electron chi connectivity index (χ2n) is 3.24. The maximum absolute atomic E-state index is 11.7. The first-order valence-corrected chi connectivity index (χ1v) is 5.92. The standard InChI is InChI=1S/C9H10BrNO2S/c1-9(6-2-3-7(10)14-6)8(12)11-4-5-13-9/h2-3H,4-5H2,1H3,(H,11,12). The molecule has 5 heteroatoms. The molecule has 1 aliphatic heterocycles. The Morgan fingerprint density at radius 1 is 1.64 bits per heavy atom. The van der Waals surface area contributed by atoms with Crippen LogP contribution in [0.3, 0.4) is 0 Å². The molecule has 0 aliphatic carbocycles. The van der Waals surface area contributed by atoms with Gasteiger partial charge in [-0.2, -0.15) is 0 Å². The summed E-state index contributed by atoms with van der Waals surface area (Å²) < 4.78 is 6.56. The average molecular weight is 276 g/mol. The maximum Gasteiger partial charge on any atom is 0.257 e. The lowest BCUT2D eigenvalue weighted by molar-refractivity contribution is -0.152. The van der Waals surface area contributed by atoms with Crippen molar-refractivity contribution in [3.8, 4) is 0 Å². The van der Waals surface area contributed by atoms with E-state index in [0.717, 1.165) is 8.66 Å². The number of nitrogens with one attached hydrogen (secondary N) is 1. The van der Waals surface area contributed by atoms with E-state index in [-0.39, 0.29) is 5.91 Å². The number of morpholine rings is 1.